The van der Waals surface area contributed by atoms with E-state index in [2.05, 4.69) is 4.72 Å². The molecule has 8 heteroatoms. The number of carbonyl (C=O) groups is 1. The van der Waals surface area contributed by atoms with Crippen molar-refractivity contribution in [3.63, 3.8) is 0 Å². The van der Waals surface area contributed by atoms with Crippen LogP contribution in [0, 0.1) is 6.92 Å². The first-order valence-corrected chi connectivity index (χ1v) is 11.3. The molecule has 0 saturated heterocycles. The molecule has 2 aromatic carbocycles. The molecule has 0 radical (unpaired) electrons. The number of aryl methyl sites for hydroxylation is 1. The van der Waals surface area contributed by atoms with Crippen molar-refractivity contribution < 1.29 is 18.3 Å². The van der Waals surface area contributed by atoms with Crippen LogP contribution < -0.4 is 4.72 Å². The summed E-state index contributed by atoms with van der Waals surface area (Å²) in [4.78, 5) is 12.2. The zero-order chi connectivity index (χ0) is 19.4. The summed E-state index contributed by atoms with van der Waals surface area (Å²) in [6.07, 6.45) is 0. The number of thiophene rings is 1. The second-order valence-electron chi connectivity index (χ2n) is 5.79. The normalized spacial score (nSPS) is 11.3. The first kappa shape index (κ1) is 19.5. The number of hydrogen-bond acceptors (Lipinski definition) is 6. The van der Waals surface area contributed by atoms with Crippen molar-refractivity contribution >= 4 is 39.0 Å². The van der Waals surface area contributed by atoms with Gasteiger partial charge in [-0.15, -0.1) is 23.1 Å². The van der Waals surface area contributed by atoms with Gasteiger partial charge in [-0.2, -0.15) is 0 Å². The number of carbonyl (C=O) groups excluding carboxylic acids is 1. The molecule has 0 unspecified atom stereocenters. The topological polar surface area (TPSA) is 83.5 Å². The van der Waals surface area contributed by atoms with Crippen molar-refractivity contribution in [1.82, 2.24) is 4.72 Å². The molecule has 0 aliphatic heterocycles. The smallest absolute Gasteiger partial charge is 0.273 e. The number of rotatable bonds is 6. The van der Waals surface area contributed by atoms with Gasteiger partial charge in [0.1, 0.15) is 9.96 Å². The van der Waals surface area contributed by atoms with Gasteiger partial charge >= 0.3 is 0 Å². The van der Waals surface area contributed by atoms with E-state index in [1.807, 2.05) is 37.3 Å². The first-order chi connectivity index (χ1) is 12.8. The van der Waals surface area contributed by atoms with Crippen molar-refractivity contribution in [2.75, 3.05) is 0 Å². The summed E-state index contributed by atoms with van der Waals surface area (Å²) in [5.74, 6) is 0.00423. The molecule has 1 amide bonds. The highest BCUT2D eigenvalue weighted by Gasteiger charge is 2.22. The van der Waals surface area contributed by atoms with Crippen LogP contribution in [0.25, 0.3) is 0 Å². The molecule has 0 bridgehead atoms. The fraction of sp³-hybridized carbons (Fsp3) is 0.105. The molecule has 0 fully saturated rings. The summed E-state index contributed by atoms with van der Waals surface area (Å²) in [7, 11) is -3.96. The van der Waals surface area contributed by atoms with E-state index in [0.717, 1.165) is 32.4 Å². The van der Waals surface area contributed by atoms with Crippen molar-refractivity contribution in [2.24, 2.45) is 0 Å². The number of phenolic OH excluding ortho intramolecular Hbond substituents is 1. The molecule has 0 aliphatic carbocycles. The van der Waals surface area contributed by atoms with Crippen molar-refractivity contribution in [1.29, 1.82) is 0 Å². The monoisotopic (exact) mass is 419 g/mol. The van der Waals surface area contributed by atoms with E-state index in [1.165, 1.54) is 24.3 Å². The van der Waals surface area contributed by atoms with Gasteiger partial charge < -0.3 is 5.11 Å². The highest BCUT2D eigenvalue weighted by Crippen LogP contribution is 2.35. The Morgan fingerprint density at radius 1 is 1.11 bits per heavy atom. The third kappa shape index (κ3) is 4.91. The number of nitrogens with one attached hydrogen (secondary N) is 1. The Labute approximate surface area is 166 Å². The first-order valence-electron chi connectivity index (χ1n) is 7.98. The predicted octanol–water partition coefficient (Wildman–Crippen LogP) is 4.17. The fourth-order valence-corrected chi connectivity index (χ4v) is 6.14. The summed E-state index contributed by atoms with van der Waals surface area (Å²) < 4.78 is 28.2. The van der Waals surface area contributed by atoms with Crippen LogP contribution in [0.2, 0.25) is 0 Å². The average Bonchev–Trinajstić information content (AvgIpc) is 3.03. The van der Waals surface area contributed by atoms with E-state index in [1.54, 1.807) is 17.8 Å². The number of amides is 1. The van der Waals surface area contributed by atoms with Gasteiger partial charge in [0.2, 0.25) is 0 Å². The Bertz CT molecular complexity index is 1040. The van der Waals surface area contributed by atoms with Crippen LogP contribution in [0.1, 0.15) is 21.5 Å². The SMILES string of the molecule is Cc1cc(S(=O)(=O)NC(=O)c2ccc(O)cc2)sc1SCc1ccccc1. The number of sulfonamides is 1. The van der Waals surface area contributed by atoms with E-state index in [9.17, 15) is 18.3 Å². The van der Waals surface area contributed by atoms with Crippen LogP contribution in [0.4, 0.5) is 0 Å². The molecule has 0 atom stereocenters. The number of aromatic hydroxyl groups is 1. The Hall–Kier alpha value is -2.29. The summed E-state index contributed by atoms with van der Waals surface area (Å²) in [6, 6.07) is 16.9. The van der Waals surface area contributed by atoms with Crippen molar-refractivity contribution in [3.8, 4) is 5.75 Å². The molecule has 2 N–H and O–H groups in total. The van der Waals surface area contributed by atoms with Gasteiger partial charge in [0.25, 0.3) is 15.9 Å². The third-order valence-electron chi connectivity index (χ3n) is 3.68. The van der Waals surface area contributed by atoms with E-state index in [0.29, 0.717) is 0 Å². The second-order valence-corrected chi connectivity index (χ2v) is 10.00. The van der Waals surface area contributed by atoms with Gasteiger partial charge in [-0.3, -0.25) is 4.79 Å². The van der Waals surface area contributed by atoms with Crippen LogP contribution in [0.15, 0.2) is 69.1 Å². The summed E-state index contributed by atoms with van der Waals surface area (Å²) in [6.45, 7) is 1.85. The van der Waals surface area contributed by atoms with Crippen molar-refractivity contribution in [3.05, 3.63) is 77.4 Å². The Kier molecular flexibility index (Phi) is 5.88. The summed E-state index contributed by atoms with van der Waals surface area (Å²) in [5.41, 5.74) is 2.17. The van der Waals surface area contributed by atoms with Crippen LogP contribution in [-0.4, -0.2) is 19.4 Å². The quantitative estimate of drug-likeness (QED) is 0.586. The Balaban J connectivity index is 1.73. The standard InChI is InChI=1S/C19H17NO4S3/c1-13-11-17(26-19(13)25-12-14-5-3-2-4-6-14)27(23,24)20-18(22)15-7-9-16(21)10-8-15/h2-11,21H,12H2,1H3,(H,20,22). The van der Waals surface area contributed by atoms with Crippen LogP contribution in [0.3, 0.4) is 0 Å². The molecule has 0 saturated carbocycles. The molecule has 27 heavy (non-hydrogen) atoms. The van der Waals surface area contributed by atoms with Crippen LogP contribution in [0.5, 0.6) is 5.75 Å². The average molecular weight is 420 g/mol. The van der Waals surface area contributed by atoms with Gasteiger partial charge in [0.15, 0.2) is 0 Å². The maximum Gasteiger partial charge on any atom is 0.273 e. The lowest BCUT2D eigenvalue weighted by molar-refractivity contribution is 0.0981. The van der Waals surface area contributed by atoms with Gasteiger partial charge in [-0.05, 0) is 48.4 Å². The van der Waals surface area contributed by atoms with E-state index >= 15 is 0 Å². The van der Waals surface area contributed by atoms with Crippen LogP contribution in [-0.2, 0) is 15.8 Å². The Morgan fingerprint density at radius 3 is 2.44 bits per heavy atom. The molecule has 0 spiro atoms. The van der Waals surface area contributed by atoms with Crippen LogP contribution >= 0.6 is 23.1 Å². The van der Waals surface area contributed by atoms with E-state index in [-0.39, 0.29) is 15.5 Å². The Morgan fingerprint density at radius 2 is 1.78 bits per heavy atom. The van der Waals surface area contributed by atoms with Crippen molar-refractivity contribution in [2.45, 2.75) is 21.1 Å². The lowest BCUT2D eigenvalue weighted by Crippen LogP contribution is -2.29. The maximum absolute atomic E-state index is 12.5. The molecule has 1 heterocycles. The highest BCUT2D eigenvalue weighted by atomic mass is 32.3. The van der Waals surface area contributed by atoms with E-state index in [4.69, 9.17) is 0 Å². The maximum atomic E-state index is 12.5. The number of thioether (sulfide) groups is 1. The minimum absolute atomic E-state index is 0.00312. The van der Waals surface area contributed by atoms with Gasteiger partial charge in [-0.25, -0.2) is 13.1 Å². The molecular weight excluding hydrogens is 402 g/mol. The molecule has 140 valence electrons. The minimum atomic E-state index is -3.96. The molecule has 5 nitrogen and oxygen atoms in total. The van der Waals surface area contributed by atoms with Gasteiger partial charge in [0, 0.05) is 11.3 Å². The molecule has 1 aromatic heterocycles. The predicted molar refractivity (Wildman–Crippen MR) is 108 cm³/mol. The number of hydrogen-bond donors (Lipinski definition) is 2. The largest absolute Gasteiger partial charge is 0.508 e. The molecule has 0 aliphatic rings. The summed E-state index contributed by atoms with van der Waals surface area (Å²) >= 11 is 2.71. The van der Waals surface area contributed by atoms with E-state index < -0.39 is 15.9 Å². The highest BCUT2D eigenvalue weighted by molar-refractivity contribution is 8.01. The zero-order valence-corrected chi connectivity index (χ0v) is 16.8. The van der Waals surface area contributed by atoms with Gasteiger partial charge in [0.05, 0.1) is 4.21 Å². The zero-order valence-electron chi connectivity index (χ0n) is 14.4. The number of benzene rings is 2. The lowest BCUT2D eigenvalue weighted by atomic mass is 10.2. The lowest BCUT2D eigenvalue weighted by Gasteiger charge is -2.05. The minimum Gasteiger partial charge on any atom is -0.508 e. The molecular formula is C19H17NO4S3. The van der Waals surface area contributed by atoms with Gasteiger partial charge in [-0.1, -0.05) is 30.3 Å². The fourth-order valence-electron chi connectivity index (χ4n) is 2.28. The third-order valence-corrected chi connectivity index (χ3v) is 8.19. The number of phenols is 1. The summed E-state index contributed by atoms with van der Waals surface area (Å²) in [5, 5.41) is 9.26. The second kappa shape index (κ2) is 8.16. The molecule has 3 aromatic rings. The molecule has 3 rings (SSSR count).